The van der Waals surface area contributed by atoms with Crippen LogP contribution < -0.4 is 15.0 Å². The molecule has 1 heterocycles. The van der Waals surface area contributed by atoms with Crippen molar-refractivity contribution in [2.45, 2.75) is 39.2 Å². The maximum atomic E-state index is 13.2. The fourth-order valence-electron chi connectivity index (χ4n) is 3.11. The first-order valence-electron chi connectivity index (χ1n) is 9.59. The molecule has 0 bridgehead atoms. The highest BCUT2D eigenvalue weighted by molar-refractivity contribution is 7.80. The van der Waals surface area contributed by atoms with Crippen LogP contribution in [0.2, 0.25) is 0 Å². The third-order valence-corrected chi connectivity index (χ3v) is 4.99. The number of nitriles is 1. The van der Waals surface area contributed by atoms with E-state index < -0.39 is 23.4 Å². The Balaban J connectivity index is 2.48. The molecule has 8 nitrogen and oxygen atoms in total. The number of nitrogens with one attached hydrogen (secondary N) is 1. The number of rotatable bonds is 4. The molecule has 1 aliphatic heterocycles. The van der Waals surface area contributed by atoms with Crippen LogP contribution in [0.5, 0.6) is 5.75 Å². The number of nitrogens with zero attached hydrogens (tertiary/aromatic N) is 3. The van der Waals surface area contributed by atoms with Crippen molar-refractivity contribution in [2.75, 3.05) is 38.0 Å². The zero-order valence-corrected chi connectivity index (χ0v) is 19.1. The van der Waals surface area contributed by atoms with E-state index >= 15 is 0 Å². The van der Waals surface area contributed by atoms with Gasteiger partial charge in [-0.2, -0.15) is 5.26 Å². The van der Waals surface area contributed by atoms with Crippen LogP contribution >= 0.6 is 12.2 Å². The van der Waals surface area contributed by atoms with Gasteiger partial charge in [0.2, 0.25) is 5.91 Å². The third-order valence-electron chi connectivity index (χ3n) is 4.53. The van der Waals surface area contributed by atoms with Crippen LogP contribution in [0.4, 0.5) is 11.4 Å². The lowest BCUT2D eigenvalue weighted by atomic mass is 9.99. The first-order valence-corrected chi connectivity index (χ1v) is 9.99. The zero-order valence-electron chi connectivity index (χ0n) is 18.2. The molecule has 1 aromatic carbocycles. The highest BCUT2D eigenvalue weighted by Gasteiger charge is 2.38. The maximum absolute atomic E-state index is 13.2. The predicted molar refractivity (Wildman–Crippen MR) is 119 cm³/mol. The van der Waals surface area contributed by atoms with E-state index in [0.29, 0.717) is 28.7 Å². The summed E-state index contributed by atoms with van der Waals surface area (Å²) in [7, 11) is 5.16. The molecule has 0 aromatic heterocycles. The van der Waals surface area contributed by atoms with Crippen molar-refractivity contribution in [2.24, 2.45) is 5.92 Å². The molecule has 0 saturated carbocycles. The summed E-state index contributed by atoms with van der Waals surface area (Å²) in [5.74, 6) is -1.53. The lowest BCUT2D eigenvalue weighted by molar-refractivity contribution is -0.162. The van der Waals surface area contributed by atoms with Gasteiger partial charge < -0.3 is 19.7 Å². The van der Waals surface area contributed by atoms with Crippen LogP contribution in [0.1, 0.15) is 32.8 Å². The average molecular weight is 433 g/mol. The van der Waals surface area contributed by atoms with Gasteiger partial charge in [0.15, 0.2) is 5.11 Å². The van der Waals surface area contributed by atoms with Crippen LogP contribution in [0, 0.1) is 17.2 Å². The lowest BCUT2D eigenvalue weighted by Gasteiger charge is -2.26. The molecular formula is C21H28N4O4S. The number of ether oxygens (including phenoxy) is 2. The van der Waals surface area contributed by atoms with Gasteiger partial charge in [-0.05, 0) is 57.5 Å². The molecule has 0 fully saturated rings. The van der Waals surface area contributed by atoms with E-state index in [1.54, 1.807) is 31.7 Å². The monoisotopic (exact) mass is 432 g/mol. The number of hydrogen-bond donors (Lipinski definition) is 1. The minimum absolute atomic E-state index is 0.183. The summed E-state index contributed by atoms with van der Waals surface area (Å²) >= 11 is 5.33. The van der Waals surface area contributed by atoms with Gasteiger partial charge in [0.1, 0.15) is 23.8 Å². The summed E-state index contributed by atoms with van der Waals surface area (Å²) in [4.78, 5) is 28.9. The number of carbonyl (C=O) groups is 2. The van der Waals surface area contributed by atoms with E-state index in [2.05, 4.69) is 5.32 Å². The van der Waals surface area contributed by atoms with E-state index in [-0.39, 0.29) is 13.0 Å². The Bertz CT molecular complexity index is 886. The Morgan fingerprint density at radius 3 is 2.60 bits per heavy atom. The number of thiocarbonyl (C=S) groups is 1. The van der Waals surface area contributed by atoms with Crippen LogP contribution in [0.15, 0.2) is 12.1 Å². The van der Waals surface area contributed by atoms with E-state index in [1.807, 2.05) is 26.2 Å². The molecule has 30 heavy (non-hydrogen) atoms. The first kappa shape index (κ1) is 23.4. The Hall–Kier alpha value is -2.86. The Morgan fingerprint density at radius 2 is 2.07 bits per heavy atom. The fraction of sp³-hybridized carbons (Fsp3) is 0.524. The smallest absolute Gasteiger partial charge is 0.319 e. The number of hydrogen-bond acceptors (Lipinski definition) is 6. The molecular weight excluding hydrogens is 404 g/mol. The predicted octanol–water partition coefficient (Wildman–Crippen LogP) is 2.71. The molecule has 0 saturated heterocycles. The summed E-state index contributed by atoms with van der Waals surface area (Å²) < 4.78 is 10.9. The molecule has 1 N–H and O–H groups in total. The Kier molecular flexibility index (Phi) is 7.26. The van der Waals surface area contributed by atoms with Crippen LogP contribution in [-0.4, -0.2) is 55.2 Å². The number of methoxy groups -OCH3 is 1. The minimum Gasteiger partial charge on any atom is -0.494 e. The van der Waals surface area contributed by atoms with E-state index in [9.17, 15) is 14.9 Å². The van der Waals surface area contributed by atoms with Crippen molar-refractivity contribution in [1.82, 2.24) is 4.90 Å². The van der Waals surface area contributed by atoms with Crippen molar-refractivity contribution >= 4 is 40.6 Å². The molecule has 0 aliphatic carbocycles. The van der Waals surface area contributed by atoms with Gasteiger partial charge in [-0.3, -0.25) is 14.5 Å². The summed E-state index contributed by atoms with van der Waals surface area (Å²) in [6, 6.07) is 5.56. The maximum Gasteiger partial charge on any atom is 0.319 e. The number of fused-ring (bicyclic) bond motifs is 1. The number of carbonyl (C=O) groups excluding carboxylic acids is 2. The second-order valence-corrected chi connectivity index (χ2v) is 8.60. The highest BCUT2D eigenvalue weighted by atomic mass is 32.1. The normalized spacial score (nSPS) is 16.1. The van der Waals surface area contributed by atoms with Crippen molar-refractivity contribution < 1.29 is 19.1 Å². The molecule has 1 unspecified atom stereocenters. The number of esters is 1. The van der Waals surface area contributed by atoms with E-state index in [1.165, 1.54) is 12.0 Å². The third kappa shape index (κ3) is 5.39. The first-order chi connectivity index (χ1) is 14.0. The standard InChI is InChI=1S/C21H28N4O4S/c1-21(2,3)29-19(27)14-8-7-13-11-15(23-20(30)24(4)5)17(28-6)12-16(13)25(10-9-22)18(14)26/h11-12,14H,7-8,10H2,1-6H3,(H,23,30). The molecule has 2 rings (SSSR count). The minimum atomic E-state index is -0.977. The molecule has 0 spiro atoms. The van der Waals surface area contributed by atoms with Crippen molar-refractivity contribution in [3.05, 3.63) is 17.7 Å². The van der Waals surface area contributed by atoms with Crippen LogP contribution in [-0.2, 0) is 20.7 Å². The van der Waals surface area contributed by atoms with Crippen LogP contribution in [0.3, 0.4) is 0 Å². The SMILES string of the molecule is COc1cc2c(cc1NC(=S)N(C)C)CCC(C(=O)OC(C)(C)C)C(=O)N2CC#N. The summed E-state index contributed by atoms with van der Waals surface area (Å²) in [5.41, 5.74) is 1.30. The number of amides is 1. The second kappa shape index (κ2) is 9.30. The average Bonchev–Trinajstić information content (AvgIpc) is 2.77. The molecule has 9 heteroatoms. The molecule has 1 aliphatic rings. The van der Waals surface area contributed by atoms with Crippen molar-refractivity contribution in [3.63, 3.8) is 0 Å². The molecule has 1 atom stereocenters. The fourth-order valence-corrected chi connectivity index (χ4v) is 3.22. The van der Waals surface area contributed by atoms with Gasteiger partial charge in [-0.1, -0.05) is 0 Å². The van der Waals surface area contributed by atoms with E-state index in [4.69, 9.17) is 21.7 Å². The topological polar surface area (TPSA) is 94.9 Å². The summed E-state index contributed by atoms with van der Waals surface area (Å²) in [6.07, 6.45) is 0.743. The van der Waals surface area contributed by atoms with Gasteiger partial charge in [0.25, 0.3) is 0 Å². The van der Waals surface area contributed by atoms with Gasteiger partial charge in [-0.25, -0.2) is 0 Å². The van der Waals surface area contributed by atoms with Gasteiger partial charge in [0, 0.05) is 20.2 Å². The number of anilines is 2. The van der Waals surface area contributed by atoms with Gasteiger partial charge >= 0.3 is 5.97 Å². The van der Waals surface area contributed by atoms with Crippen molar-refractivity contribution in [3.8, 4) is 11.8 Å². The van der Waals surface area contributed by atoms with E-state index in [0.717, 1.165) is 5.56 Å². The molecule has 1 amide bonds. The van der Waals surface area contributed by atoms with Crippen molar-refractivity contribution in [1.29, 1.82) is 5.26 Å². The number of aryl methyl sites for hydroxylation is 1. The molecule has 1 aromatic rings. The van der Waals surface area contributed by atoms with Crippen LogP contribution in [0.25, 0.3) is 0 Å². The highest BCUT2D eigenvalue weighted by Crippen LogP contribution is 2.38. The zero-order chi connectivity index (χ0) is 22.6. The molecule has 162 valence electrons. The summed E-state index contributed by atoms with van der Waals surface area (Å²) in [6.45, 7) is 5.08. The number of benzene rings is 1. The second-order valence-electron chi connectivity index (χ2n) is 8.21. The quantitative estimate of drug-likeness (QED) is 0.336. The lowest BCUT2D eigenvalue weighted by Crippen LogP contribution is -2.41. The Labute approximate surface area is 182 Å². The van der Waals surface area contributed by atoms with Gasteiger partial charge in [0.05, 0.1) is 24.6 Å². The summed E-state index contributed by atoms with van der Waals surface area (Å²) in [5, 5.41) is 12.9. The Morgan fingerprint density at radius 1 is 1.40 bits per heavy atom. The van der Waals surface area contributed by atoms with Gasteiger partial charge in [-0.15, -0.1) is 0 Å². The largest absolute Gasteiger partial charge is 0.494 e. The molecule has 0 radical (unpaired) electrons.